The second-order valence-electron chi connectivity index (χ2n) is 5.92. The molecule has 0 bridgehead atoms. The molecule has 0 saturated carbocycles. The molecule has 0 radical (unpaired) electrons. The van der Waals surface area contributed by atoms with Crippen LogP contribution in [0.15, 0.2) is 46.6 Å². The van der Waals surface area contributed by atoms with Crippen molar-refractivity contribution < 1.29 is 0 Å². The van der Waals surface area contributed by atoms with Gasteiger partial charge in [0.2, 0.25) is 0 Å². The molecule has 104 valence electrons. The fraction of sp³-hybridized carbons (Fsp3) is 0.389. The fourth-order valence-electron chi connectivity index (χ4n) is 3.04. The average molecular weight is 266 g/mol. The highest BCUT2D eigenvalue weighted by Gasteiger charge is 2.24. The average Bonchev–Trinajstić information content (AvgIpc) is 2.64. The van der Waals surface area contributed by atoms with Gasteiger partial charge in [-0.3, -0.25) is 4.99 Å². The van der Waals surface area contributed by atoms with Crippen molar-refractivity contribution in [1.82, 2.24) is 4.90 Å². The predicted molar refractivity (Wildman–Crippen MR) is 86.0 cm³/mol. The van der Waals surface area contributed by atoms with Gasteiger partial charge in [0.05, 0.1) is 0 Å². The second-order valence-corrected chi connectivity index (χ2v) is 5.92. The molecule has 1 atom stereocenters. The van der Waals surface area contributed by atoms with E-state index in [2.05, 4.69) is 66.6 Å². The number of nitrogens with zero attached hydrogens (tertiary/aromatic N) is 2. The van der Waals surface area contributed by atoms with E-state index < -0.39 is 0 Å². The van der Waals surface area contributed by atoms with Crippen LogP contribution in [0.4, 0.5) is 0 Å². The summed E-state index contributed by atoms with van der Waals surface area (Å²) in [6.07, 6.45) is 10.1. The molecule has 1 aliphatic carbocycles. The summed E-state index contributed by atoms with van der Waals surface area (Å²) in [7, 11) is 4.24. The number of likely N-dealkylation sites (N-methyl/N-ethyl adjacent to an activating group) is 1. The van der Waals surface area contributed by atoms with E-state index in [9.17, 15) is 0 Å². The number of hydrogen-bond donors (Lipinski definition) is 0. The third-order valence-electron chi connectivity index (χ3n) is 4.15. The van der Waals surface area contributed by atoms with Crippen LogP contribution in [0.1, 0.15) is 24.0 Å². The summed E-state index contributed by atoms with van der Waals surface area (Å²) in [5, 5.41) is 0. The maximum atomic E-state index is 4.67. The molecule has 20 heavy (non-hydrogen) atoms. The smallest absolute Gasteiger partial charge is 0.0477 e. The van der Waals surface area contributed by atoms with E-state index in [1.165, 1.54) is 28.8 Å². The summed E-state index contributed by atoms with van der Waals surface area (Å²) in [5.41, 5.74) is 5.58. The van der Waals surface area contributed by atoms with Gasteiger partial charge in [-0.05, 0) is 44.1 Å². The van der Waals surface area contributed by atoms with Gasteiger partial charge in [0.1, 0.15) is 0 Å². The van der Waals surface area contributed by atoms with Gasteiger partial charge in [-0.25, -0.2) is 0 Å². The Morgan fingerprint density at radius 3 is 3.00 bits per heavy atom. The first-order chi connectivity index (χ1) is 9.74. The number of rotatable bonds is 2. The van der Waals surface area contributed by atoms with Crippen LogP contribution < -0.4 is 0 Å². The first-order valence-corrected chi connectivity index (χ1v) is 7.40. The SMILES string of the molecule is CN(C)CC=C1CC=NC2=Cc3ccccc3CCC12. The molecule has 2 nitrogen and oxygen atoms in total. The molecular formula is C18H22N2. The van der Waals surface area contributed by atoms with E-state index in [0.29, 0.717) is 5.92 Å². The Morgan fingerprint density at radius 1 is 1.30 bits per heavy atom. The van der Waals surface area contributed by atoms with Crippen LogP contribution in [0.5, 0.6) is 0 Å². The van der Waals surface area contributed by atoms with Crippen molar-refractivity contribution in [3.63, 3.8) is 0 Å². The molecule has 0 saturated heterocycles. The molecule has 0 aromatic heterocycles. The Bertz CT molecular complexity index is 579. The van der Waals surface area contributed by atoms with Crippen molar-refractivity contribution in [1.29, 1.82) is 0 Å². The number of benzene rings is 1. The van der Waals surface area contributed by atoms with Crippen molar-refractivity contribution in [2.24, 2.45) is 10.9 Å². The van der Waals surface area contributed by atoms with E-state index in [4.69, 9.17) is 0 Å². The molecule has 1 aromatic carbocycles. The van der Waals surface area contributed by atoms with E-state index in [1.807, 2.05) is 0 Å². The largest absolute Gasteiger partial charge is 0.306 e. The van der Waals surface area contributed by atoms with Crippen molar-refractivity contribution in [2.45, 2.75) is 19.3 Å². The highest BCUT2D eigenvalue weighted by atomic mass is 15.0. The van der Waals surface area contributed by atoms with E-state index in [0.717, 1.165) is 19.4 Å². The van der Waals surface area contributed by atoms with Gasteiger partial charge in [-0.2, -0.15) is 0 Å². The first-order valence-electron chi connectivity index (χ1n) is 7.40. The fourth-order valence-corrected chi connectivity index (χ4v) is 3.04. The quantitative estimate of drug-likeness (QED) is 0.747. The number of aliphatic imine (C=N–C) groups is 1. The van der Waals surface area contributed by atoms with Crippen molar-refractivity contribution in [2.75, 3.05) is 20.6 Å². The molecule has 0 N–H and O–H groups in total. The standard InChI is InChI=1S/C18H22N2/c1-20(2)12-10-15-9-11-19-18-13-16-6-4-3-5-14(16)7-8-17(15)18/h3-6,10-11,13,17H,7-9,12H2,1-2H3. The van der Waals surface area contributed by atoms with Crippen LogP contribution >= 0.6 is 0 Å². The van der Waals surface area contributed by atoms with E-state index in [1.54, 1.807) is 0 Å². The third kappa shape index (κ3) is 2.75. The zero-order valence-corrected chi connectivity index (χ0v) is 12.3. The van der Waals surface area contributed by atoms with Crippen molar-refractivity contribution in [3.8, 4) is 0 Å². The normalized spacial score (nSPS) is 23.2. The molecule has 1 heterocycles. The van der Waals surface area contributed by atoms with Crippen LogP contribution in [-0.4, -0.2) is 31.8 Å². The summed E-state index contributed by atoms with van der Waals surface area (Å²) in [4.78, 5) is 6.89. The monoisotopic (exact) mass is 266 g/mol. The Labute approximate surface area is 121 Å². The predicted octanol–water partition coefficient (Wildman–Crippen LogP) is 3.55. The lowest BCUT2D eigenvalue weighted by molar-refractivity contribution is 0.452. The van der Waals surface area contributed by atoms with Crippen molar-refractivity contribution in [3.05, 3.63) is 52.7 Å². The maximum Gasteiger partial charge on any atom is 0.0477 e. The Hall–Kier alpha value is -1.67. The number of allylic oxidation sites excluding steroid dienone is 1. The summed E-state index contributed by atoms with van der Waals surface area (Å²) >= 11 is 0. The minimum Gasteiger partial charge on any atom is -0.306 e. The zero-order chi connectivity index (χ0) is 13.9. The van der Waals surface area contributed by atoms with Gasteiger partial charge in [0.15, 0.2) is 0 Å². The Morgan fingerprint density at radius 2 is 2.15 bits per heavy atom. The van der Waals surface area contributed by atoms with Crippen LogP contribution in [0, 0.1) is 5.92 Å². The molecule has 2 aliphatic rings. The lowest BCUT2D eigenvalue weighted by atomic mass is 9.87. The number of fused-ring (bicyclic) bond motifs is 2. The minimum atomic E-state index is 0.507. The van der Waals surface area contributed by atoms with Gasteiger partial charge < -0.3 is 4.90 Å². The lowest BCUT2D eigenvalue weighted by Gasteiger charge is -2.23. The van der Waals surface area contributed by atoms with Crippen LogP contribution in [0.25, 0.3) is 6.08 Å². The summed E-state index contributed by atoms with van der Waals surface area (Å²) in [6, 6.07) is 8.71. The zero-order valence-electron chi connectivity index (χ0n) is 12.3. The molecule has 0 spiro atoms. The molecule has 0 amide bonds. The third-order valence-corrected chi connectivity index (χ3v) is 4.15. The molecular weight excluding hydrogens is 244 g/mol. The number of hydrogen-bond acceptors (Lipinski definition) is 2. The van der Waals surface area contributed by atoms with Gasteiger partial charge in [-0.1, -0.05) is 35.9 Å². The van der Waals surface area contributed by atoms with Gasteiger partial charge in [-0.15, -0.1) is 0 Å². The van der Waals surface area contributed by atoms with Crippen LogP contribution in [0.3, 0.4) is 0 Å². The highest BCUT2D eigenvalue weighted by Crippen LogP contribution is 2.36. The van der Waals surface area contributed by atoms with Gasteiger partial charge >= 0.3 is 0 Å². The van der Waals surface area contributed by atoms with Crippen LogP contribution in [0.2, 0.25) is 0 Å². The minimum absolute atomic E-state index is 0.507. The van der Waals surface area contributed by atoms with Gasteiger partial charge in [0.25, 0.3) is 0 Å². The lowest BCUT2D eigenvalue weighted by Crippen LogP contribution is -2.16. The molecule has 1 aliphatic heterocycles. The topological polar surface area (TPSA) is 15.6 Å². The van der Waals surface area contributed by atoms with Crippen molar-refractivity contribution >= 4 is 12.3 Å². The summed E-state index contributed by atoms with van der Waals surface area (Å²) in [5.74, 6) is 0.507. The summed E-state index contributed by atoms with van der Waals surface area (Å²) in [6.45, 7) is 1.01. The molecule has 0 fully saturated rings. The Kier molecular flexibility index (Phi) is 3.83. The highest BCUT2D eigenvalue weighted by molar-refractivity contribution is 5.70. The van der Waals surface area contributed by atoms with Crippen LogP contribution in [-0.2, 0) is 6.42 Å². The molecule has 3 rings (SSSR count). The molecule has 1 aromatic rings. The number of aryl methyl sites for hydroxylation is 1. The Balaban J connectivity index is 1.93. The molecule has 1 unspecified atom stereocenters. The van der Waals surface area contributed by atoms with E-state index >= 15 is 0 Å². The second kappa shape index (κ2) is 5.76. The summed E-state index contributed by atoms with van der Waals surface area (Å²) < 4.78 is 0. The maximum absolute atomic E-state index is 4.67. The molecule has 2 heteroatoms. The van der Waals surface area contributed by atoms with Gasteiger partial charge in [0, 0.05) is 30.8 Å². The van der Waals surface area contributed by atoms with E-state index in [-0.39, 0.29) is 0 Å². The first kappa shape index (κ1) is 13.3.